The number of para-hydroxylation sites is 1. The lowest BCUT2D eigenvalue weighted by molar-refractivity contribution is 0.981. The van der Waals surface area contributed by atoms with Gasteiger partial charge in [-0.2, -0.15) is 10.1 Å². The Hall–Kier alpha value is -2.66. The molecule has 6 heteroatoms. The van der Waals surface area contributed by atoms with Crippen LogP contribution in [-0.4, -0.2) is 15.2 Å². The van der Waals surface area contributed by atoms with E-state index in [2.05, 4.69) is 38.8 Å². The second-order valence-electron chi connectivity index (χ2n) is 5.39. The minimum absolute atomic E-state index is 0.430. The Labute approximate surface area is 146 Å². The zero-order valence-electron chi connectivity index (χ0n) is 13.5. The number of hydrogen-bond acceptors (Lipinski definition) is 5. The van der Waals surface area contributed by atoms with E-state index in [1.165, 1.54) is 5.56 Å². The van der Waals surface area contributed by atoms with Gasteiger partial charge in [0.2, 0.25) is 5.95 Å². The lowest BCUT2D eigenvalue weighted by Gasteiger charge is -2.11. The molecular weight excluding hydrogens is 322 g/mol. The number of benzene rings is 2. The summed E-state index contributed by atoms with van der Waals surface area (Å²) in [6.45, 7) is 4.09. The molecular formula is C18H18ClN5. The molecule has 0 spiro atoms. The van der Waals surface area contributed by atoms with Gasteiger partial charge in [0.05, 0.1) is 6.20 Å². The van der Waals surface area contributed by atoms with Gasteiger partial charge in [-0.1, -0.05) is 36.7 Å². The fourth-order valence-electron chi connectivity index (χ4n) is 2.39. The number of hydrogen-bond donors (Lipinski definition) is 2. The number of anilines is 4. The van der Waals surface area contributed by atoms with E-state index in [1.54, 1.807) is 6.20 Å². The molecule has 0 saturated carbocycles. The van der Waals surface area contributed by atoms with Gasteiger partial charge in [0.1, 0.15) is 0 Å². The van der Waals surface area contributed by atoms with Crippen LogP contribution in [0.4, 0.5) is 23.1 Å². The van der Waals surface area contributed by atoms with Gasteiger partial charge < -0.3 is 10.6 Å². The van der Waals surface area contributed by atoms with E-state index in [0.717, 1.165) is 23.4 Å². The van der Waals surface area contributed by atoms with Gasteiger partial charge >= 0.3 is 0 Å². The SMILES string of the molecule is CCc1ccccc1Nc1cnnc(Nc2ccc(Cl)cc2C)n1. The number of nitrogens with zero attached hydrogens (tertiary/aromatic N) is 3. The molecule has 0 radical (unpaired) electrons. The summed E-state index contributed by atoms with van der Waals surface area (Å²) >= 11 is 5.98. The third kappa shape index (κ3) is 3.81. The summed E-state index contributed by atoms with van der Waals surface area (Å²) in [4.78, 5) is 4.47. The van der Waals surface area contributed by atoms with E-state index in [0.29, 0.717) is 16.8 Å². The minimum atomic E-state index is 0.430. The predicted molar refractivity (Wildman–Crippen MR) is 98.4 cm³/mol. The summed E-state index contributed by atoms with van der Waals surface area (Å²) in [6, 6.07) is 13.7. The van der Waals surface area contributed by atoms with Crippen LogP contribution in [0.25, 0.3) is 0 Å². The second kappa shape index (κ2) is 7.27. The molecule has 0 saturated heterocycles. The average Bonchev–Trinajstić information content (AvgIpc) is 2.58. The first-order valence-electron chi connectivity index (χ1n) is 7.73. The van der Waals surface area contributed by atoms with Crippen LogP contribution in [0.1, 0.15) is 18.1 Å². The monoisotopic (exact) mass is 339 g/mol. The fraction of sp³-hybridized carbons (Fsp3) is 0.167. The summed E-state index contributed by atoms with van der Waals surface area (Å²) in [6.07, 6.45) is 2.54. The Morgan fingerprint density at radius 3 is 2.67 bits per heavy atom. The Morgan fingerprint density at radius 2 is 1.88 bits per heavy atom. The second-order valence-corrected chi connectivity index (χ2v) is 5.82. The standard InChI is InChI=1S/C18H18ClN5/c1-3-13-6-4-5-7-16(13)21-17-11-20-24-18(23-17)22-15-9-8-14(19)10-12(15)2/h4-11H,3H2,1-2H3,(H2,21,22,23,24). The van der Waals surface area contributed by atoms with Gasteiger partial charge in [-0.05, 0) is 48.7 Å². The third-order valence-electron chi connectivity index (χ3n) is 3.65. The van der Waals surface area contributed by atoms with E-state index in [1.807, 2.05) is 43.3 Å². The summed E-state index contributed by atoms with van der Waals surface area (Å²) in [7, 11) is 0. The molecule has 24 heavy (non-hydrogen) atoms. The first-order chi connectivity index (χ1) is 11.7. The molecule has 3 rings (SSSR count). The van der Waals surface area contributed by atoms with Crippen LogP contribution in [0.3, 0.4) is 0 Å². The van der Waals surface area contributed by atoms with E-state index < -0.39 is 0 Å². The molecule has 0 aliphatic carbocycles. The van der Waals surface area contributed by atoms with Crippen molar-refractivity contribution >= 4 is 34.7 Å². The van der Waals surface area contributed by atoms with Gasteiger partial charge in [-0.25, -0.2) is 0 Å². The van der Waals surface area contributed by atoms with E-state index >= 15 is 0 Å². The van der Waals surface area contributed by atoms with Gasteiger partial charge in [-0.3, -0.25) is 0 Å². The number of halogens is 1. The van der Waals surface area contributed by atoms with Crippen molar-refractivity contribution in [3.63, 3.8) is 0 Å². The molecule has 3 aromatic rings. The van der Waals surface area contributed by atoms with Crippen LogP contribution in [0.5, 0.6) is 0 Å². The van der Waals surface area contributed by atoms with Crippen molar-refractivity contribution in [3.8, 4) is 0 Å². The maximum atomic E-state index is 5.98. The number of nitrogens with one attached hydrogen (secondary N) is 2. The zero-order chi connectivity index (χ0) is 16.9. The van der Waals surface area contributed by atoms with Crippen molar-refractivity contribution in [1.29, 1.82) is 0 Å². The maximum Gasteiger partial charge on any atom is 0.249 e. The van der Waals surface area contributed by atoms with E-state index in [4.69, 9.17) is 11.6 Å². The van der Waals surface area contributed by atoms with Crippen molar-refractivity contribution in [1.82, 2.24) is 15.2 Å². The molecule has 0 amide bonds. The highest BCUT2D eigenvalue weighted by Crippen LogP contribution is 2.23. The lowest BCUT2D eigenvalue weighted by Crippen LogP contribution is -2.04. The topological polar surface area (TPSA) is 62.7 Å². The fourth-order valence-corrected chi connectivity index (χ4v) is 2.62. The van der Waals surface area contributed by atoms with Crippen molar-refractivity contribution in [2.75, 3.05) is 10.6 Å². The smallest absolute Gasteiger partial charge is 0.249 e. The lowest BCUT2D eigenvalue weighted by atomic mass is 10.1. The highest BCUT2D eigenvalue weighted by Gasteiger charge is 2.06. The molecule has 0 fully saturated rings. The van der Waals surface area contributed by atoms with Crippen LogP contribution in [0, 0.1) is 6.92 Å². The van der Waals surface area contributed by atoms with E-state index in [-0.39, 0.29) is 0 Å². The molecule has 0 unspecified atom stereocenters. The van der Waals surface area contributed by atoms with Gasteiger partial charge in [0.25, 0.3) is 0 Å². The largest absolute Gasteiger partial charge is 0.339 e. The summed E-state index contributed by atoms with van der Waals surface area (Å²) in [5, 5.41) is 15.2. The Balaban J connectivity index is 1.81. The van der Waals surface area contributed by atoms with Gasteiger partial charge in [0.15, 0.2) is 5.82 Å². The summed E-state index contributed by atoms with van der Waals surface area (Å²) < 4.78 is 0. The normalized spacial score (nSPS) is 10.5. The highest BCUT2D eigenvalue weighted by atomic mass is 35.5. The average molecular weight is 340 g/mol. The summed E-state index contributed by atoms with van der Waals surface area (Å²) in [5.74, 6) is 1.07. The Kier molecular flexibility index (Phi) is 4.91. The maximum absolute atomic E-state index is 5.98. The van der Waals surface area contributed by atoms with Crippen molar-refractivity contribution in [2.45, 2.75) is 20.3 Å². The van der Waals surface area contributed by atoms with Crippen LogP contribution in [-0.2, 0) is 6.42 Å². The first kappa shape index (κ1) is 16.2. The van der Waals surface area contributed by atoms with Gasteiger partial charge in [0, 0.05) is 16.4 Å². The third-order valence-corrected chi connectivity index (χ3v) is 3.89. The predicted octanol–water partition coefficient (Wildman–Crippen LogP) is 4.88. The van der Waals surface area contributed by atoms with Crippen LogP contribution >= 0.6 is 11.6 Å². The molecule has 5 nitrogen and oxygen atoms in total. The first-order valence-corrected chi connectivity index (χ1v) is 8.11. The van der Waals surface area contributed by atoms with Crippen molar-refractivity contribution < 1.29 is 0 Å². The Morgan fingerprint density at radius 1 is 1.04 bits per heavy atom. The van der Waals surface area contributed by atoms with Gasteiger partial charge in [-0.15, -0.1) is 5.10 Å². The molecule has 0 atom stereocenters. The molecule has 0 bridgehead atoms. The van der Waals surface area contributed by atoms with Crippen LogP contribution < -0.4 is 10.6 Å². The molecule has 2 N–H and O–H groups in total. The van der Waals surface area contributed by atoms with Crippen LogP contribution in [0.15, 0.2) is 48.7 Å². The van der Waals surface area contributed by atoms with E-state index in [9.17, 15) is 0 Å². The molecule has 0 aliphatic rings. The molecule has 0 aliphatic heterocycles. The molecule has 1 aromatic heterocycles. The zero-order valence-corrected chi connectivity index (χ0v) is 14.3. The Bertz CT molecular complexity index is 850. The molecule has 2 aromatic carbocycles. The molecule has 1 heterocycles. The van der Waals surface area contributed by atoms with Crippen molar-refractivity contribution in [3.05, 3.63) is 64.8 Å². The molecule has 122 valence electrons. The quantitative estimate of drug-likeness (QED) is 0.693. The minimum Gasteiger partial charge on any atom is -0.339 e. The van der Waals surface area contributed by atoms with Crippen LogP contribution in [0.2, 0.25) is 5.02 Å². The number of rotatable bonds is 5. The number of aromatic nitrogens is 3. The van der Waals surface area contributed by atoms with Crippen molar-refractivity contribution in [2.24, 2.45) is 0 Å². The summed E-state index contributed by atoms with van der Waals surface area (Å²) in [5.41, 5.74) is 4.15. The highest BCUT2D eigenvalue weighted by molar-refractivity contribution is 6.30. The number of aryl methyl sites for hydroxylation is 2.